The Morgan fingerprint density at radius 2 is 1.18 bits per heavy atom. The van der Waals surface area contributed by atoms with E-state index >= 15 is 0 Å². The van der Waals surface area contributed by atoms with Crippen LogP contribution in [0.25, 0.3) is 83.4 Å². The maximum atomic E-state index is 6.78. The molecule has 11 rings (SSSR count). The van der Waals surface area contributed by atoms with Crippen molar-refractivity contribution in [3.63, 3.8) is 0 Å². The Morgan fingerprint density at radius 3 is 1.88 bits per heavy atom. The molecule has 73 heavy (non-hydrogen) atoms. The van der Waals surface area contributed by atoms with E-state index in [2.05, 4.69) is 258 Å². The molecule has 0 aliphatic carbocycles. The molecule has 3 heterocycles. The first-order chi connectivity index (χ1) is 34.7. The SMILES string of the molecule is CC(C)C(C)c1ccnc(-n2c3[c-]c(Oc4[c-]c(-n5[c-][n+](-c6c(-c7ccccc7)cccc6-c6cc(C(C)(C)C)cc(C(C)(C)C)c6)c6ccc(-c7ccccc7)cc65)ccc4)ccc3c3ccccc32)c1.[Pt]. The van der Waals surface area contributed by atoms with E-state index in [1.165, 1.54) is 22.3 Å². The van der Waals surface area contributed by atoms with Crippen LogP contribution in [0.1, 0.15) is 84.9 Å². The summed E-state index contributed by atoms with van der Waals surface area (Å²) in [6.07, 6.45) is 5.84. The number of benzene rings is 8. The molecule has 0 bridgehead atoms. The minimum Gasteiger partial charge on any atom is -0.510 e. The van der Waals surface area contributed by atoms with Crippen LogP contribution >= 0.6 is 0 Å². The summed E-state index contributed by atoms with van der Waals surface area (Å²) in [7, 11) is 0. The number of aromatic nitrogens is 4. The second-order valence-corrected chi connectivity index (χ2v) is 21.6. The third-order valence-corrected chi connectivity index (χ3v) is 14.4. The van der Waals surface area contributed by atoms with Crippen molar-refractivity contribution in [3.05, 3.63) is 223 Å². The van der Waals surface area contributed by atoms with Crippen molar-refractivity contribution in [2.45, 2.75) is 79.1 Å². The number of pyridine rings is 1. The van der Waals surface area contributed by atoms with Crippen LogP contribution in [-0.4, -0.2) is 14.1 Å². The monoisotopic (exact) mass is 1130 g/mol. The molecule has 5 nitrogen and oxygen atoms in total. The zero-order valence-electron chi connectivity index (χ0n) is 43.1. The van der Waals surface area contributed by atoms with Gasteiger partial charge in [0, 0.05) is 44.3 Å². The van der Waals surface area contributed by atoms with Gasteiger partial charge in [-0.15, -0.1) is 29.7 Å². The maximum absolute atomic E-state index is 6.78. The topological polar surface area (TPSA) is 35.9 Å². The Hall–Kier alpha value is -7.33. The molecular formula is C67H60N4OPt-2. The molecule has 0 N–H and O–H groups in total. The van der Waals surface area contributed by atoms with E-state index in [9.17, 15) is 0 Å². The second-order valence-electron chi connectivity index (χ2n) is 21.6. The summed E-state index contributed by atoms with van der Waals surface area (Å²) >= 11 is 0. The predicted octanol–water partition coefficient (Wildman–Crippen LogP) is 16.9. The Labute approximate surface area is 445 Å². The summed E-state index contributed by atoms with van der Waals surface area (Å²) in [5.41, 5.74) is 16.3. The van der Waals surface area contributed by atoms with Crippen molar-refractivity contribution in [2.75, 3.05) is 0 Å². The number of fused-ring (bicyclic) bond motifs is 4. The number of ether oxygens (including phenoxy) is 1. The Balaban J connectivity index is 0.00000611. The zero-order chi connectivity index (χ0) is 49.9. The maximum Gasteiger partial charge on any atom is 0.268 e. The fourth-order valence-corrected chi connectivity index (χ4v) is 9.92. The summed E-state index contributed by atoms with van der Waals surface area (Å²) in [6, 6.07) is 72.3. The Bertz CT molecular complexity index is 3760. The molecule has 11 aromatic rings. The number of para-hydroxylation sites is 2. The van der Waals surface area contributed by atoms with Crippen LogP contribution in [0.3, 0.4) is 0 Å². The molecule has 0 amide bonds. The molecule has 3 aromatic heterocycles. The van der Waals surface area contributed by atoms with Crippen molar-refractivity contribution in [1.29, 1.82) is 0 Å². The van der Waals surface area contributed by atoms with E-state index in [-0.39, 0.29) is 31.9 Å². The van der Waals surface area contributed by atoms with Gasteiger partial charge in [-0.3, -0.25) is 4.57 Å². The predicted molar refractivity (Wildman–Crippen MR) is 297 cm³/mol. The standard InChI is InChI=1S/C67H60N4O.Pt/c1-44(2)45(3)48-34-35-68-64(39-48)71-60-29-17-16-26-58(60)59-32-31-55(42-62(59)71)72-54-25-18-24-53(41-54)69-43-70(61-33-30-49(38-63(61)69)46-20-12-10-13-21-46)65-56(47-22-14-11-15-23-47)27-19-28-57(65)50-36-51(66(4,5)6)40-52(37-50)67(7,8)9;/h10-40,44-45H,1-9H3;/q-2;. The van der Waals surface area contributed by atoms with Crippen LogP contribution in [0.4, 0.5) is 0 Å². The molecule has 0 spiro atoms. The summed E-state index contributed by atoms with van der Waals surface area (Å²) < 4.78 is 13.4. The molecule has 8 aromatic carbocycles. The van der Waals surface area contributed by atoms with Gasteiger partial charge in [0.15, 0.2) is 0 Å². The molecular weight excluding hydrogens is 1070 g/mol. The first-order valence-corrected chi connectivity index (χ1v) is 25.2. The zero-order valence-corrected chi connectivity index (χ0v) is 45.3. The van der Waals surface area contributed by atoms with E-state index in [1.54, 1.807) is 0 Å². The molecule has 0 aliphatic heterocycles. The Morgan fingerprint density at radius 1 is 0.534 bits per heavy atom. The molecule has 1 atom stereocenters. The third kappa shape index (κ3) is 9.48. The average Bonchev–Trinajstić information content (AvgIpc) is 3.93. The normalized spacial score (nSPS) is 12.4. The second kappa shape index (κ2) is 19.6. The van der Waals surface area contributed by atoms with Crippen LogP contribution < -0.4 is 9.30 Å². The van der Waals surface area contributed by atoms with E-state index in [0.717, 1.165) is 77.8 Å². The van der Waals surface area contributed by atoms with Gasteiger partial charge in [-0.05, 0) is 108 Å². The minimum atomic E-state index is -0.0592. The van der Waals surface area contributed by atoms with Gasteiger partial charge in [-0.1, -0.05) is 195 Å². The first kappa shape index (κ1) is 49.3. The number of rotatable bonds is 10. The molecule has 6 heteroatoms. The summed E-state index contributed by atoms with van der Waals surface area (Å²) in [5, 5.41) is 2.22. The number of hydrogen-bond donors (Lipinski definition) is 0. The third-order valence-electron chi connectivity index (χ3n) is 14.4. The van der Waals surface area contributed by atoms with Crippen molar-refractivity contribution < 1.29 is 30.4 Å². The van der Waals surface area contributed by atoms with Gasteiger partial charge in [0.1, 0.15) is 5.82 Å². The van der Waals surface area contributed by atoms with Crippen LogP contribution in [0.15, 0.2) is 188 Å². The van der Waals surface area contributed by atoms with E-state index < -0.39 is 0 Å². The number of hydrogen-bond acceptors (Lipinski definition) is 2. The van der Waals surface area contributed by atoms with Crippen molar-refractivity contribution in [1.82, 2.24) is 14.1 Å². The van der Waals surface area contributed by atoms with Gasteiger partial charge < -0.3 is 13.9 Å². The van der Waals surface area contributed by atoms with Gasteiger partial charge in [0.25, 0.3) is 6.33 Å². The number of imidazole rings is 1. The smallest absolute Gasteiger partial charge is 0.268 e. The van der Waals surface area contributed by atoms with Gasteiger partial charge in [0.05, 0.1) is 16.7 Å². The molecule has 0 aliphatic rings. The summed E-state index contributed by atoms with van der Waals surface area (Å²) in [4.78, 5) is 4.92. The van der Waals surface area contributed by atoms with Crippen molar-refractivity contribution in [3.8, 4) is 62.1 Å². The van der Waals surface area contributed by atoms with Crippen LogP contribution in [0.2, 0.25) is 0 Å². The number of nitrogens with zero attached hydrogens (tertiary/aromatic N) is 4. The molecule has 366 valence electrons. The average molecular weight is 1130 g/mol. The van der Waals surface area contributed by atoms with Crippen molar-refractivity contribution in [2.24, 2.45) is 5.92 Å². The van der Waals surface area contributed by atoms with Gasteiger partial charge in [0.2, 0.25) is 0 Å². The fourth-order valence-electron chi connectivity index (χ4n) is 9.92. The fraction of sp³-hybridized carbons (Fsp3) is 0.194. The quantitative estimate of drug-likeness (QED) is 0.101. The Kier molecular flexibility index (Phi) is 13.2. The molecule has 0 saturated heterocycles. The molecule has 0 saturated carbocycles. The summed E-state index contributed by atoms with van der Waals surface area (Å²) in [6.45, 7) is 20.6. The van der Waals surface area contributed by atoms with Gasteiger partial charge in [-0.25, -0.2) is 4.98 Å². The van der Waals surface area contributed by atoms with E-state index in [1.807, 2.05) is 24.4 Å². The molecule has 0 fully saturated rings. The van der Waals surface area contributed by atoms with Crippen LogP contribution in [0.5, 0.6) is 11.5 Å². The molecule has 1 unspecified atom stereocenters. The van der Waals surface area contributed by atoms with Crippen LogP contribution in [-0.2, 0) is 31.9 Å². The molecule has 0 radical (unpaired) electrons. The summed E-state index contributed by atoms with van der Waals surface area (Å²) in [5.74, 6) is 2.89. The minimum absolute atomic E-state index is 0. The van der Waals surface area contributed by atoms with Gasteiger partial charge >= 0.3 is 0 Å². The first-order valence-electron chi connectivity index (χ1n) is 25.2. The largest absolute Gasteiger partial charge is 0.510 e. The van der Waals surface area contributed by atoms with E-state index in [0.29, 0.717) is 23.3 Å². The van der Waals surface area contributed by atoms with Gasteiger partial charge in [-0.2, -0.15) is 18.2 Å². The van der Waals surface area contributed by atoms with Crippen molar-refractivity contribution >= 4 is 32.8 Å². The van der Waals surface area contributed by atoms with E-state index in [4.69, 9.17) is 9.72 Å². The van der Waals surface area contributed by atoms with Crippen LogP contribution in [0, 0.1) is 24.4 Å².